The predicted molar refractivity (Wildman–Crippen MR) is 107 cm³/mol. The van der Waals surface area contributed by atoms with Crippen LogP contribution in [0.25, 0.3) is 21.9 Å². The largest absolute Gasteiger partial charge is 0.299 e. The van der Waals surface area contributed by atoms with Gasteiger partial charge in [-0.15, -0.1) is 0 Å². The normalized spacial score (nSPS) is 11.0. The van der Waals surface area contributed by atoms with Crippen LogP contribution in [0.2, 0.25) is 0 Å². The Bertz CT molecular complexity index is 1080. The van der Waals surface area contributed by atoms with Crippen molar-refractivity contribution >= 4 is 16.6 Å². The van der Waals surface area contributed by atoms with Crippen LogP contribution in [0.1, 0.15) is 17.7 Å². The molecule has 4 heteroatoms. The van der Waals surface area contributed by atoms with Crippen molar-refractivity contribution in [2.75, 3.05) is 0 Å². The van der Waals surface area contributed by atoms with Crippen LogP contribution in [-0.4, -0.2) is 20.5 Å². The first-order chi connectivity index (χ1) is 13.2. The number of pyridine rings is 1. The van der Waals surface area contributed by atoms with Crippen molar-refractivity contribution in [2.45, 2.75) is 19.3 Å². The van der Waals surface area contributed by atoms with E-state index in [0.29, 0.717) is 12.8 Å². The standard InChI is InChI=1S/C23H21N3O/c1-26-16-21(15-25-26)18-8-9-19-14-24-22(12-20(19)11-18)13-23(27)10-7-17-5-3-2-4-6-17/h2-6,8-9,11-12,14-16H,7,10,13H2,1H3. The first-order valence-corrected chi connectivity index (χ1v) is 9.11. The first-order valence-electron chi connectivity index (χ1n) is 9.11. The van der Waals surface area contributed by atoms with Gasteiger partial charge in [-0.05, 0) is 35.1 Å². The highest BCUT2D eigenvalue weighted by molar-refractivity contribution is 5.88. The Balaban J connectivity index is 1.49. The molecular formula is C23H21N3O. The number of hydrogen-bond donors (Lipinski definition) is 0. The maximum atomic E-state index is 12.4. The summed E-state index contributed by atoms with van der Waals surface area (Å²) in [7, 11) is 1.91. The number of benzene rings is 2. The van der Waals surface area contributed by atoms with E-state index in [1.54, 1.807) is 4.68 Å². The maximum absolute atomic E-state index is 12.4. The van der Waals surface area contributed by atoms with Gasteiger partial charge >= 0.3 is 0 Å². The van der Waals surface area contributed by atoms with E-state index < -0.39 is 0 Å². The minimum absolute atomic E-state index is 0.217. The van der Waals surface area contributed by atoms with Gasteiger partial charge in [-0.25, -0.2) is 0 Å². The summed E-state index contributed by atoms with van der Waals surface area (Å²) in [6.45, 7) is 0. The van der Waals surface area contributed by atoms with Crippen LogP contribution >= 0.6 is 0 Å². The zero-order valence-corrected chi connectivity index (χ0v) is 15.3. The van der Waals surface area contributed by atoms with Crippen molar-refractivity contribution in [2.24, 2.45) is 7.05 Å². The van der Waals surface area contributed by atoms with Crippen LogP contribution in [0.3, 0.4) is 0 Å². The van der Waals surface area contributed by atoms with E-state index in [2.05, 4.69) is 40.4 Å². The summed E-state index contributed by atoms with van der Waals surface area (Å²) in [5.74, 6) is 0.217. The molecule has 27 heavy (non-hydrogen) atoms. The molecule has 2 heterocycles. The number of carbonyl (C=O) groups excluding carboxylic acids is 1. The molecule has 0 radical (unpaired) electrons. The zero-order valence-electron chi connectivity index (χ0n) is 15.3. The van der Waals surface area contributed by atoms with Crippen molar-refractivity contribution < 1.29 is 4.79 Å². The highest BCUT2D eigenvalue weighted by Crippen LogP contribution is 2.24. The fourth-order valence-electron chi connectivity index (χ4n) is 3.25. The second kappa shape index (κ2) is 7.54. The van der Waals surface area contributed by atoms with E-state index >= 15 is 0 Å². The Morgan fingerprint density at radius 3 is 2.59 bits per heavy atom. The Hall–Kier alpha value is -3.27. The molecule has 0 aliphatic rings. The van der Waals surface area contributed by atoms with E-state index in [1.165, 1.54) is 5.56 Å². The minimum atomic E-state index is 0.217. The number of hydrogen-bond acceptors (Lipinski definition) is 3. The summed E-state index contributed by atoms with van der Waals surface area (Å²) in [5.41, 5.74) is 4.21. The van der Waals surface area contributed by atoms with Gasteiger partial charge in [-0.3, -0.25) is 14.5 Å². The average Bonchev–Trinajstić information content (AvgIpc) is 3.13. The summed E-state index contributed by atoms with van der Waals surface area (Å²) < 4.78 is 1.79. The van der Waals surface area contributed by atoms with E-state index in [-0.39, 0.29) is 5.78 Å². The van der Waals surface area contributed by atoms with Gasteiger partial charge in [0.15, 0.2) is 0 Å². The van der Waals surface area contributed by atoms with Gasteiger partial charge in [-0.1, -0.05) is 42.5 Å². The third-order valence-corrected chi connectivity index (χ3v) is 4.73. The summed E-state index contributed by atoms with van der Waals surface area (Å²) in [6.07, 6.45) is 7.40. The Kier molecular flexibility index (Phi) is 4.79. The summed E-state index contributed by atoms with van der Waals surface area (Å²) in [5, 5.41) is 6.40. The van der Waals surface area contributed by atoms with Crippen molar-refractivity contribution in [3.05, 3.63) is 84.4 Å². The van der Waals surface area contributed by atoms with Crippen LogP contribution < -0.4 is 0 Å². The van der Waals surface area contributed by atoms with Crippen LogP contribution in [0.5, 0.6) is 0 Å². The fraction of sp³-hybridized carbons (Fsp3) is 0.174. The lowest BCUT2D eigenvalue weighted by Gasteiger charge is -2.05. The molecule has 0 atom stereocenters. The van der Waals surface area contributed by atoms with E-state index in [1.807, 2.05) is 49.9 Å². The summed E-state index contributed by atoms with van der Waals surface area (Å²) in [6, 6.07) is 18.4. The maximum Gasteiger partial charge on any atom is 0.139 e. The van der Waals surface area contributed by atoms with Gasteiger partial charge < -0.3 is 0 Å². The smallest absolute Gasteiger partial charge is 0.139 e. The lowest BCUT2D eigenvalue weighted by Crippen LogP contribution is -2.05. The molecule has 4 nitrogen and oxygen atoms in total. The zero-order chi connectivity index (χ0) is 18.6. The van der Waals surface area contributed by atoms with Crippen molar-refractivity contribution in [1.29, 1.82) is 0 Å². The number of nitrogens with zero attached hydrogens (tertiary/aromatic N) is 3. The first kappa shape index (κ1) is 17.2. The minimum Gasteiger partial charge on any atom is -0.299 e. The van der Waals surface area contributed by atoms with Crippen LogP contribution in [0.4, 0.5) is 0 Å². The quantitative estimate of drug-likeness (QED) is 0.516. The lowest BCUT2D eigenvalue weighted by molar-refractivity contribution is -0.118. The fourth-order valence-corrected chi connectivity index (χ4v) is 3.25. The molecule has 0 saturated heterocycles. The monoisotopic (exact) mass is 355 g/mol. The van der Waals surface area contributed by atoms with Crippen molar-refractivity contribution in [3.63, 3.8) is 0 Å². The molecule has 0 spiro atoms. The highest BCUT2D eigenvalue weighted by Gasteiger charge is 2.08. The molecule has 0 bridgehead atoms. The molecule has 0 N–H and O–H groups in total. The Morgan fingerprint density at radius 1 is 0.963 bits per heavy atom. The van der Waals surface area contributed by atoms with Gasteiger partial charge in [0, 0.05) is 48.9 Å². The molecule has 2 aromatic carbocycles. The van der Waals surface area contributed by atoms with Crippen molar-refractivity contribution in [1.82, 2.24) is 14.8 Å². The van der Waals surface area contributed by atoms with Gasteiger partial charge in [0.25, 0.3) is 0 Å². The van der Waals surface area contributed by atoms with E-state index in [9.17, 15) is 4.79 Å². The average molecular weight is 355 g/mol. The van der Waals surface area contributed by atoms with Crippen LogP contribution in [0.15, 0.2) is 73.2 Å². The molecule has 134 valence electrons. The topological polar surface area (TPSA) is 47.8 Å². The predicted octanol–water partition coefficient (Wildman–Crippen LogP) is 4.38. The third-order valence-electron chi connectivity index (χ3n) is 4.73. The molecule has 4 rings (SSSR count). The van der Waals surface area contributed by atoms with E-state index in [4.69, 9.17) is 0 Å². The molecule has 0 aliphatic carbocycles. The van der Waals surface area contributed by atoms with Gasteiger partial charge in [0.1, 0.15) is 5.78 Å². The molecule has 0 fully saturated rings. The second-order valence-electron chi connectivity index (χ2n) is 6.84. The third kappa shape index (κ3) is 4.11. The number of aromatic nitrogens is 3. The SMILES string of the molecule is Cn1cc(-c2ccc3cnc(CC(=O)CCc4ccccc4)cc3c2)cn1. The highest BCUT2D eigenvalue weighted by atomic mass is 16.1. The van der Waals surface area contributed by atoms with Crippen LogP contribution in [-0.2, 0) is 24.7 Å². The molecule has 0 saturated carbocycles. The molecule has 4 aromatic rings. The molecular weight excluding hydrogens is 334 g/mol. The van der Waals surface area contributed by atoms with Crippen molar-refractivity contribution in [3.8, 4) is 11.1 Å². The lowest BCUT2D eigenvalue weighted by atomic mass is 10.0. The Labute approximate surface area is 158 Å². The summed E-state index contributed by atoms with van der Waals surface area (Å²) in [4.78, 5) is 16.8. The van der Waals surface area contributed by atoms with Gasteiger partial charge in [0.2, 0.25) is 0 Å². The Morgan fingerprint density at radius 2 is 1.81 bits per heavy atom. The number of Topliss-reactive ketones (excluding diaryl/α,β-unsaturated/α-hetero) is 1. The molecule has 0 amide bonds. The number of fused-ring (bicyclic) bond motifs is 1. The second-order valence-corrected chi connectivity index (χ2v) is 6.84. The number of carbonyl (C=O) groups is 1. The van der Waals surface area contributed by atoms with Gasteiger partial charge in [0.05, 0.1) is 6.20 Å². The molecule has 2 aromatic heterocycles. The van der Waals surface area contributed by atoms with Crippen LogP contribution in [0, 0.1) is 0 Å². The molecule has 0 aliphatic heterocycles. The number of ketones is 1. The van der Waals surface area contributed by atoms with E-state index in [0.717, 1.165) is 34.0 Å². The summed E-state index contributed by atoms with van der Waals surface area (Å²) >= 11 is 0. The number of aryl methyl sites for hydroxylation is 2. The number of rotatable bonds is 6. The molecule has 0 unspecified atom stereocenters. The van der Waals surface area contributed by atoms with Gasteiger partial charge in [-0.2, -0.15) is 5.10 Å².